The van der Waals surface area contributed by atoms with Gasteiger partial charge in [0.1, 0.15) is 0 Å². The molecule has 2 rings (SSSR count). The molecule has 1 saturated heterocycles. The number of rotatable bonds is 2. The van der Waals surface area contributed by atoms with Crippen LogP contribution in [0, 0.1) is 0 Å². The highest BCUT2D eigenvalue weighted by Gasteiger charge is 2.24. The maximum absolute atomic E-state index is 3.49. The Kier molecular flexibility index (Phi) is 4.00. The third kappa shape index (κ3) is 2.65. The fraction of sp³-hybridized carbons (Fsp3) is 0.538. The van der Waals surface area contributed by atoms with Crippen molar-refractivity contribution in [3.63, 3.8) is 0 Å². The van der Waals surface area contributed by atoms with Crippen LogP contribution in [0.25, 0.3) is 0 Å². The van der Waals surface area contributed by atoms with E-state index in [2.05, 4.69) is 64.0 Å². The van der Waals surface area contributed by atoms with E-state index in [-0.39, 0.29) is 0 Å². The summed E-state index contributed by atoms with van der Waals surface area (Å²) in [6, 6.07) is 9.29. The highest BCUT2D eigenvalue weighted by molar-refractivity contribution is 9.10. The van der Waals surface area contributed by atoms with Gasteiger partial charge in [-0.2, -0.15) is 0 Å². The smallest absolute Gasteiger partial charge is 0.0475 e. The van der Waals surface area contributed by atoms with Crippen molar-refractivity contribution < 1.29 is 0 Å². The summed E-state index contributed by atoms with van der Waals surface area (Å²) in [7, 11) is 2.21. The highest BCUT2D eigenvalue weighted by atomic mass is 79.9. The predicted octanol–water partition coefficient (Wildman–Crippen LogP) is 2.76. The molecule has 0 aromatic heterocycles. The molecule has 16 heavy (non-hydrogen) atoms. The summed E-state index contributed by atoms with van der Waals surface area (Å²) in [5.41, 5.74) is 1.43. The van der Waals surface area contributed by atoms with E-state index in [4.69, 9.17) is 0 Å². The van der Waals surface area contributed by atoms with E-state index in [1.807, 2.05) is 0 Å². The van der Waals surface area contributed by atoms with Crippen LogP contribution in [0.1, 0.15) is 18.5 Å². The minimum absolute atomic E-state index is 0.553. The Balaban J connectivity index is 2.18. The number of hydrogen-bond donors (Lipinski definition) is 0. The van der Waals surface area contributed by atoms with Gasteiger partial charge >= 0.3 is 0 Å². The number of likely N-dealkylation sites (N-methyl/N-ethyl adjacent to an activating group) is 2. The van der Waals surface area contributed by atoms with E-state index in [0.717, 1.165) is 17.6 Å². The molecule has 1 aliphatic heterocycles. The molecule has 0 saturated carbocycles. The molecule has 88 valence electrons. The number of nitrogens with zero attached hydrogens (tertiary/aromatic N) is 2. The van der Waals surface area contributed by atoms with Gasteiger partial charge in [0.05, 0.1) is 0 Å². The minimum Gasteiger partial charge on any atom is -0.303 e. The molecule has 0 radical (unpaired) electrons. The Labute approximate surface area is 106 Å². The van der Waals surface area contributed by atoms with Gasteiger partial charge in [0, 0.05) is 30.1 Å². The summed E-state index contributed by atoms with van der Waals surface area (Å²) in [5, 5.41) is 0. The van der Waals surface area contributed by atoms with Gasteiger partial charge in [-0.25, -0.2) is 0 Å². The normalized spacial score (nSPS) is 23.6. The molecule has 0 bridgehead atoms. The van der Waals surface area contributed by atoms with E-state index < -0.39 is 0 Å². The lowest BCUT2D eigenvalue weighted by Crippen LogP contribution is -2.46. The van der Waals surface area contributed by atoms with Crippen LogP contribution in [0.4, 0.5) is 0 Å². The molecular formula is C13H19BrN2. The predicted molar refractivity (Wildman–Crippen MR) is 71.6 cm³/mol. The van der Waals surface area contributed by atoms with Crippen molar-refractivity contribution in [1.82, 2.24) is 9.80 Å². The van der Waals surface area contributed by atoms with E-state index >= 15 is 0 Å². The zero-order chi connectivity index (χ0) is 11.5. The van der Waals surface area contributed by atoms with Gasteiger partial charge in [0.25, 0.3) is 0 Å². The van der Waals surface area contributed by atoms with E-state index in [0.29, 0.717) is 6.04 Å². The molecule has 1 atom stereocenters. The monoisotopic (exact) mass is 282 g/mol. The van der Waals surface area contributed by atoms with Gasteiger partial charge in [-0.05, 0) is 31.3 Å². The van der Waals surface area contributed by atoms with Crippen molar-refractivity contribution in [2.24, 2.45) is 0 Å². The van der Waals surface area contributed by atoms with Crippen LogP contribution in [0.3, 0.4) is 0 Å². The first-order valence-electron chi connectivity index (χ1n) is 5.88. The van der Waals surface area contributed by atoms with Gasteiger partial charge in [-0.3, -0.25) is 4.90 Å². The van der Waals surface area contributed by atoms with Crippen molar-refractivity contribution in [1.29, 1.82) is 0 Å². The fourth-order valence-corrected chi connectivity index (χ4v) is 2.60. The second-order valence-corrected chi connectivity index (χ2v) is 5.37. The van der Waals surface area contributed by atoms with E-state index in [1.54, 1.807) is 0 Å². The lowest BCUT2D eigenvalue weighted by atomic mass is 10.0. The van der Waals surface area contributed by atoms with E-state index in [9.17, 15) is 0 Å². The first kappa shape index (κ1) is 12.1. The summed E-state index contributed by atoms with van der Waals surface area (Å²) in [5.74, 6) is 0. The first-order valence-corrected chi connectivity index (χ1v) is 6.68. The van der Waals surface area contributed by atoms with Crippen LogP contribution in [-0.4, -0.2) is 43.0 Å². The molecule has 0 spiro atoms. The highest BCUT2D eigenvalue weighted by Crippen LogP contribution is 2.25. The average Bonchev–Trinajstić information content (AvgIpc) is 2.30. The maximum Gasteiger partial charge on any atom is 0.0475 e. The Morgan fingerprint density at radius 3 is 2.56 bits per heavy atom. The molecule has 0 aliphatic carbocycles. The quantitative estimate of drug-likeness (QED) is 0.823. The summed E-state index contributed by atoms with van der Waals surface area (Å²) in [4.78, 5) is 4.97. The van der Waals surface area contributed by atoms with Crippen molar-refractivity contribution in [3.05, 3.63) is 34.3 Å². The molecule has 0 amide bonds. The average molecular weight is 283 g/mol. The largest absolute Gasteiger partial charge is 0.303 e. The zero-order valence-electron chi connectivity index (χ0n) is 9.99. The Morgan fingerprint density at radius 1 is 1.25 bits per heavy atom. The summed E-state index contributed by atoms with van der Waals surface area (Å²) >= 11 is 3.49. The van der Waals surface area contributed by atoms with Gasteiger partial charge in [0.2, 0.25) is 0 Å². The van der Waals surface area contributed by atoms with Gasteiger partial charge in [-0.15, -0.1) is 0 Å². The molecule has 2 nitrogen and oxygen atoms in total. The summed E-state index contributed by atoms with van der Waals surface area (Å²) in [6.45, 7) is 6.87. The number of hydrogen-bond acceptors (Lipinski definition) is 2. The SMILES string of the molecule is CCN1CCN(C)CC1c1ccc(Br)cc1. The molecule has 1 aromatic carbocycles. The van der Waals surface area contributed by atoms with Crippen molar-refractivity contribution in [2.75, 3.05) is 33.2 Å². The molecule has 1 aliphatic rings. The van der Waals surface area contributed by atoms with Crippen LogP contribution < -0.4 is 0 Å². The van der Waals surface area contributed by atoms with Gasteiger partial charge < -0.3 is 4.90 Å². The second-order valence-electron chi connectivity index (χ2n) is 4.46. The third-order valence-corrected chi connectivity index (χ3v) is 3.88. The Hall–Kier alpha value is -0.380. The van der Waals surface area contributed by atoms with Crippen molar-refractivity contribution in [3.8, 4) is 0 Å². The first-order chi connectivity index (χ1) is 7.70. The molecular weight excluding hydrogens is 264 g/mol. The van der Waals surface area contributed by atoms with Crippen molar-refractivity contribution >= 4 is 15.9 Å². The zero-order valence-corrected chi connectivity index (χ0v) is 11.6. The molecule has 3 heteroatoms. The summed E-state index contributed by atoms with van der Waals surface area (Å²) in [6.07, 6.45) is 0. The lowest BCUT2D eigenvalue weighted by molar-refractivity contribution is 0.0951. The number of benzene rings is 1. The fourth-order valence-electron chi connectivity index (χ4n) is 2.34. The lowest BCUT2D eigenvalue weighted by Gasteiger charge is -2.39. The topological polar surface area (TPSA) is 6.48 Å². The molecule has 0 N–H and O–H groups in total. The maximum atomic E-state index is 3.49. The molecule has 1 heterocycles. The van der Waals surface area contributed by atoms with Crippen LogP contribution in [0.5, 0.6) is 0 Å². The second kappa shape index (κ2) is 5.30. The van der Waals surface area contributed by atoms with Crippen LogP contribution in [-0.2, 0) is 0 Å². The Bertz CT molecular complexity index is 336. The number of piperazine rings is 1. The molecule has 1 unspecified atom stereocenters. The summed E-state index contributed by atoms with van der Waals surface area (Å²) < 4.78 is 1.16. The van der Waals surface area contributed by atoms with Crippen LogP contribution >= 0.6 is 15.9 Å². The van der Waals surface area contributed by atoms with Crippen LogP contribution in [0.15, 0.2) is 28.7 Å². The Morgan fingerprint density at radius 2 is 1.94 bits per heavy atom. The van der Waals surface area contributed by atoms with E-state index in [1.165, 1.54) is 18.7 Å². The van der Waals surface area contributed by atoms with Gasteiger partial charge in [-0.1, -0.05) is 35.0 Å². The molecule has 1 aromatic rings. The third-order valence-electron chi connectivity index (χ3n) is 3.36. The standard InChI is InChI=1S/C13H19BrN2/c1-3-16-9-8-15(2)10-13(16)11-4-6-12(14)7-5-11/h4-7,13H,3,8-10H2,1-2H3. The number of halogens is 1. The minimum atomic E-state index is 0.553. The molecule has 1 fully saturated rings. The van der Waals surface area contributed by atoms with Crippen molar-refractivity contribution in [2.45, 2.75) is 13.0 Å². The van der Waals surface area contributed by atoms with Crippen LogP contribution in [0.2, 0.25) is 0 Å². The van der Waals surface area contributed by atoms with Gasteiger partial charge in [0.15, 0.2) is 0 Å².